The van der Waals surface area contributed by atoms with Gasteiger partial charge in [0, 0.05) is 0 Å². The molecule has 4 amide bonds. The summed E-state index contributed by atoms with van der Waals surface area (Å²) < 4.78 is 0. The number of anilines is 1. The second-order valence-corrected chi connectivity index (χ2v) is 7.40. The van der Waals surface area contributed by atoms with Gasteiger partial charge >= 0.3 is 6.03 Å². The zero-order valence-electron chi connectivity index (χ0n) is 15.5. The molecule has 1 fully saturated rings. The molecular formula is C19H26ClN3O3. The van der Waals surface area contributed by atoms with Crippen molar-refractivity contribution in [3.8, 4) is 0 Å². The van der Waals surface area contributed by atoms with Crippen LogP contribution in [0.1, 0.15) is 51.5 Å². The van der Waals surface area contributed by atoms with Gasteiger partial charge in [0.1, 0.15) is 12.1 Å². The number of carbonyl (C=O) groups is 3. The molecule has 0 radical (unpaired) electrons. The SMILES string of the molecule is CCCCCC[C@]1(C)NC(=O)N(CC(=O)Nc2ccc(C)cc2Cl)C1=O. The second-order valence-electron chi connectivity index (χ2n) is 7.00. The van der Waals surface area contributed by atoms with Crippen molar-refractivity contribution in [2.24, 2.45) is 0 Å². The van der Waals surface area contributed by atoms with E-state index < -0.39 is 17.5 Å². The van der Waals surface area contributed by atoms with Gasteiger partial charge < -0.3 is 10.6 Å². The van der Waals surface area contributed by atoms with Crippen molar-refractivity contribution in [2.45, 2.75) is 58.4 Å². The molecule has 7 heteroatoms. The highest BCUT2D eigenvalue weighted by atomic mass is 35.5. The largest absolute Gasteiger partial charge is 0.325 e. The van der Waals surface area contributed by atoms with Crippen LogP contribution in [0.3, 0.4) is 0 Å². The highest BCUT2D eigenvalue weighted by Gasteiger charge is 2.47. The summed E-state index contributed by atoms with van der Waals surface area (Å²) in [5.41, 5.74) is 0.490. The Labute approximate surface area is 159 Å². The molecule has 1 atom stereocenters. The average Bonchev–Trinajstić information content (AvgIpc) is 2.78. The number of unbranched alkanes of at least 4 members (excludes halogenated alkanes) is 3. The average molecular weight is 380 g/mol. The van der Waals surface area contributed by atoms with Crippen LogP contribution in [0.4, 0.5) is 10.5 Å². The number of amides is 4. The van der Waals surface area contributed by atoms with E-state index in [9.17, 15) is 14.4 Å². The van der Waals surface area contributed by atoms with E-state index in [0.29, 0.717) is 17.1 Å². The fraction of sp³-hybridized carbons (Fsp3) is 0.526. The molecule has 2 rings (SSSR count). The molecule has 1 aliphatic heterocycles. The number of halogens is 1. The third kappa shape index (κ3) is 4.75. The van der Waals surface area contributed by atoms with E-state index in [-0.39, 0.29) is 12.5 Å². The minimum atomic E-state index is -0.938. The summed E-state index contributed by atoms with van der Waals surface area (Å²) in [6.45, 7) is 5.39. The Kier molecular flexibility index (Phi) is 6.64. The molecule has 0 aliphatic carbocycles. The van der Waals surface area contributed by atoms with Crippen molar-refractivity contribution in [3.05, 3.63) is 28.8 Å². The Hall–Kier alpha value is -2.08. The topological polar surface area (TPSA) is 78.5 Å². The summed E-state index contributed by atoms with van der Waals surface area (Å²) in [4.78, 5) is 38.0. The molecule has 6 nitrogen and oxygen atoms in total. The quantitative estimate of drug-likeness (QED) is 0.531. The van der Waals surface area contributed by atoms with Crippen LogP contribution in [0.25, 0.3) is 0 Å². The molecule has 1 aromatic rings. The minimum Gasteiger partial charge on any atom is -0.323 e. The lowest BCUT2D eigenvalue weighted by Crippen LogP contribution is -2.44. The first-order valence-electron chi connectivity index (χ1n) is 8.97. The standard InChI is InChI=1S/C19H26ClN3O3/c1-4-5-6-7-10-19(3)17(25)23(18(26)22-19)12-16(24)21-15-9-8-13(2)11-14(15)20/h8-9,11H,4-7,10,12H2,1-3H3,(H,21,24)(H,22,26)/t19-/m0/s1. The molecule has 0 unspecified atom stereocenters. The van der Waals surface area contributed by atoms with Gasteiger partial charge in [-0.2, -0.15) is 0 Å². The van der Waals surface area contributed by atoms with Crippen LogP contribution in [0.5, 0.6) is 0 Å². The number of hydrogen-bond donors (Lipinski definition) is 2. The Bertz CT molecular complexity index is 707. The van der Waals surface area contributed by atoms with Gasteiger partial charge in [-0.25, -0.2) is 4.79 Å². The number of carbonyl (C=O) groups excluding carboxylic acids is 3. The summed E-state index contributed by atoms with van der Waals surface area (Å²) in [6, 6.07) is 4.72. The van der Waals surface area contributed by atoms with E-state index in [4.69, 9.17) is 11.6 Å². The molecule has 0 saturated carbocycles. The summed E-state index contributed by atoms with van der Waals surface area (Å²) >= 11 is 6.10. The van der Waals surface area contributed by atoms with Crippen molar-refractivity contribution < 1.29 is 14.4 Å². The number of nitrogens with zero attached hydrogens (tertiary/aromatic N) is 1. The fourth-order valence-corrected chi connectivity index (χ4v) is 3.30. The van der Waals surface area contributed by atoms with Gasteiger partial charge in [-0.05, 0) is 38.0 Å². The van der Waals surface area contributed by atoms with Gasteiger partial charge in [-0.15, -0.1) is 0 Å². The van der Waals surface area contributed by atoms with Crippen LogP contribution in [-0.2, 0) is 9.59 Å². The van der Waals surface area contributed by atoms with Gasteiger partial charge in [0.2, 0.25) is 5.91 Å². The van der Waals surface area contributed by atoms with E-state index in [0.717, 1.165) is 36.1 Å². The monoisotopic (exact) mass is 379 g/mol. The summed E-state index contributed by atoms with van der Waals surface area (Å²) in [5, 5.41) is 5.79. The first-order valence-corrected chi connectivity index (χ1v) is 9.35. The fourth-order valence-electron chi connectivity index (χ4n) is 3.02. The van der Waals surface area contributed by atoms with Crippen LogP contribution in [-0.4, -0.2) is 34.8 Å². The Morgan fingerprint density at radius 3 is 2.65 bits per heavy atom. The van der Waals surface area contributed by atoms with Gasteiger partial charge in [0.05, 0.1) is 10.7 Å². The van der Waals surface area contributed by atoms with Gasteiger partial charge in [0.25, 0.3) is 5.91 Å². The van der Waals surface area contributed by atoms with E-state index in [1.54, 1.807) is 19.1 Å². The van der Waals surface area contributed by atoms with Crippen molar-refractivity contribution in [3.63, 3.8) is 0 Å². The lowest BCUT2D eigenvalue weighted by molar-refractivity contribution is -0.133. The van der Waals surface area contributed by atoms with Crippen LogP contribution >= 0.6 is 11.6 Å². The van der Waals surface area contributed by atoms with Crippen LogP contribution in [0.15, 0.2) is 18.2 Å². The molecule has 0 aromatic heterocycles. The smallest absolute Gasteiger partial charge is 0.323 e. The number of benzene rings is 1. The highest BCUT2D eigenvalue weighted by molar-refractivity contribution is 6.33. The second kappa shape index (κ2) is 8.54. The lowest BCUT2D eigenvalue weighted by Gasteiger charge is -2.21. The molecule has 1 saturated heterocycles. The van der Waals surface area contributed by atoms with Crippen LogP contribution in [0, 0.1) is 6.92 Å². The van der Waals surface area contributed by atoms with Crippen molar-refractivity contribution in [1.82, 2.24) is 10.2 Å². The first kappa shape index (κ1) is 20.2. The molecule has 1 heterocycles. The number of imide groups is 1. The Balaban J connectivity index is 1.97. The molecular weight excluding hydrogens is 354 g/mol. The predicted molar refractivity (Wildman–Crippen MR) is 102 cm³/mol. The van der Waals surface area contributed by atoms with Gasteiger partial charge in [-0.1, -0.05) is 50.3 Å². The van der Waals surface area contributed by atoms with Crippen molar-refractivity contribution in [1.29, 1.82) is 0 Å². The molecule has 0 bridgehead atoms. The van der Waals surface area contributed by atoms with E-state index >= 15 is 0 Å². The Morgan fingerprint density at radius 1 is 1.27 bits per heavy atom. The van der Waals surface area contributed by atoms with E-state index in [2.05, 4.69) is 17.6 Å². The molecule has 0 spiro atoms. The number of nitrogens with one attached hydrogen (secondary N) is 2. The molecule has 1 aromatic carbocycles. The lowest BCUT2D eigenvalue weighted by atomic mass is 9.94. The van der Waals surface area contributed by atoms with Crippen molar-refractivity contribution >= 4 is 35.1 Å². The van der Waals surface area contributed by atoms with Crippen molar-refractivity contribution in [2.75, 3.05) is 11.9 Å². The maximum Gasteiger partial charge on any atom is 0.325 e. The number of hydrogen-bond acceptors (Lipinski definition) is 3. The van der Waals surface area contributed by atoms with Crippen LogP contribution in [0.2, 0.25) is 5.02 Å². The van der Waals surface area contributed by atoms with Crippen LogP contribution < -0.4 is 10.6 Å². The normalized spacial score (nSPS) is 19.6. The minimum absolute atomic E-state index is 0.334. The molecule has 142 valence electrons. The third-order valence-electron chi connectivity index (χ3n) is 4.58. The Morgan fingerprint density at radius 2 is 2.00 bits per heavy atom. The maximum atomic E-state index is 12.6. The highest BCUT2D eigenvalue weighted by Crippen LogP contribution is 2.25. The van der Waals surface area contributed by atoms with E-state index in [1.807, 2.05) is 13.0 Å². The number of rotatable bonds is 8. The summed E-state index contributed by atoms with van der Waals surface area (Å²) in [7, 11) is 0. The molecule has 26 heavy (non-hydrogen) atoms. The number of aryl methyl sites for hydroxylation is 1. The zero-order chi connectivity index (χ0) is 19.3. The molecule has 1 aliphatic rings. The van der Waals surface area contributed by atoms with E-state index in [1.165, 1.54) is 0 Å². The first-order chi connectivity index (χ1) is 12.3. The zero-order valence-corrected chi connectivity index (χ0v) is 16.3. The van der Waals surface area contributed by atoms with Gasteiger partial charge in [0.15, 0.2) is 0 Å². The number of urea groups is 1. The van der Waals surface area contributed by atoms with Gasteiger partial charge in [-0.3, -0.25) is 14.5 Å². The summed E-state index contributed by atoms with van der Waals surface area (Å²) in [6.07, 6.45) is 4.64. The third-order valence-corrected chi connectivity index (χ3v) is 4.89. The summed E-state index contributed by atoms with van der Waals surface area (Å²) in [5.74, 6) is -0.821. The molecule has 2 N–H and O–H groups in total. The maximum absolute atomic E-state index is 12.6. The predicted octanol–water partition coefficient (Wildman–Crippen LogP) is 3.87.